The van der Waals surface area contributed by atoms with Crippen LogP contribution in [-0.2, 0) is 4.74 Å². The first-order valence-electron chi connectivity index (χ1n) is 17.5. The van der Waals surface area contributed by atoms with Gasteiger partial charge in [-0.25, -0.2) is 0 Å². The topological polar surface area (TPSA) is 29.5 Å². The molecule has 0 saturated carbocycles. The Labute approximate surface area is 235 Å². The summed E-state index contributed by atoms with van der Waals surface area (Å²) in [5.74, 6) is -0.872. The fraction of sp³-hybridized carbons (Fsp3) is 1.00. The van der Waals surface area contributed by atoms with Crippen molar-refractivity contribution in [3.8, 4) is 0 Å². The zero-order valence-corrected chi connectivity index (χ0v) is 26.3. The molecule has 1 N–H and O–H groups in total. The third kappa shape index (κ3) is 28.7. The molecule has 0 heterocycles. The monoisotopic (exact) mass is 525 g/mol. The second-order valence-electron chi connectivity index (χ2n) is 12.1. The highest BCUT2D eigenvalue weighted by Gasteiger charge is 2.25. The van der Waals surface area contributed by atoms with Crippen molar-refractivity contribution in [2.75, 3.05) is 6.61 Å². The average Bonchev–Trinajstić information content (AvgIpc) is 2.89. The molecular formula is C35H72O2. The Hall–Kier alpha value is -0.0800. The van der Waals surface area contributed by atoms with E-state index in [-0.39, 0.29) is 0 Å². The first-order chi connectivity index (χ1) is 18.2. The molecule has 0 aromatic carbocycles. The summed E-state index contributed by atoms with van der Waals surface area (Å²) in [7, 11) is 0. The molecule has 224 valence electrons. The summed E-state index contributed by atoms with van der Waals surface area (Å²) in [4.78, 5) is 0. The summed E-state index contributed by atoms with van der Waals surface area (Å²) < 4.78 is 5.81. The number of rotatable bonds is 32. The Morgan fingerprint density at radius 3 is 0.784 bits per heavy atom. The number of hydrogen-bond donors (Lipinski definition) is 1. The van der Waals surface area contributed by atoms with Gasteiger partial charge in [-0.3, -0.25) is 0 Å². The van der Waals surface area contributed by atoms with E-state index in [1.807, 2.05) is 6.92 Å². The lowest BCUT2D eigenvalue weighted by molar-refractivity contribution is -0.210. The molecule has 1 atom stereocenters. The minimum absolute atomic E-state index is 0.619. The average molecular weight is 525 g/mol. The molecule has 0 rings (SSSR count). The standard InChI is InChI=1S/C35H72O2/c1-4-7-9-11-13-15-17-19-20-22-24-26-28-30-32-34-35(36,37-6-3)33-31-29-27-25-23-21-18-16-14-12-10-8-5-2/h36H,4-34H2,1-3H3. The zero-order chi connectivity index (χ0) is 27.1. The van der Waals surface area contributed by atoms with Gasteiger partial charge >= 0.3 is 0 Å². The highest BCUT2D eigenvalue weighted by Crippen LogP contribution is 2.25. The Kier molecular flexibility index (Phi) is 30.4. The Morgan fingerprint density at radius 2 is 0.568 bits per heavy atom. The first kappa shape index (κ1) is 36.9. The third-order valence-electron chi connectivity index (χ3n) is 8.25. The Morgan fingerprint density at radius 1 is 0.351 bits per heavy atom. The van der Waals surface area contributed by atoms with Crippen LogP contribution < -0.4 is 0 Å². The maximum atomic E-state index is 11.0. The summed E-state index contributed by atoms with van der Waals surface area (Å²) in [6.07, 6.45) is 40.1. The van der Waals surface area contributed by atoms with Crippen molar-refractivity contribution in [2.45, 2.75) is 219 Å². The minimum Gasteiger partial charge on any atom is -0.365 e. The van der Waals surface area contributed by atoms with Crippen LogP contribution in [-0.4, -0.2) is 17.5 Å². The summed E-state index contributed by atoms with van der Waals surface area (Å²) >= 11 is 0. The van der Waals surface area contributed by atoms with E-state index in [2.05, 4.69) is 13.8 Å². The number of unbranched alkanes of at least 4 members (excludes halogenated alkanes) is 26. The van der Waals surface area contributed by atoms with E-state index < -0.39 is 5.79 Å². The van der Waals surface area contributed by atoms with Gasteiger partial charge in [0.25, 0.3) is 0 Å². The van der Waals surface area contributed by atoms with E-state index in [1.54, 1.807) is 0 Å². The SMILES string of the molecule is CCCCCCCCCCCCCCCCCC(O)(CCCCCCCCCCCCCCC)OCC. The number of aliphatic hydroxyl groups is 1. The zero-order valence-electron chi connectivity index (χ0n) is 26.3. The van der Waals surface area contributed by atoms with Crippen LogP contribution in [0.25, 0.3) is 0 Å². The Balaban J connectivity index is 3.52. The van der Waals surface area contributed by atoms with Crippen molar-refractivity contribution < 1.29 is 9.84 Å². The molecule has 2 nitrogen and oxygen atoms in total. The van der Waals surface area contributed by atoms with Crippen LogP contribution in [0.15, 0.2) is 0 Å². The molecule has 1 unspecified atom stereocenters. The summed E-state index contributed by atoms with van der Waals surface area (Å²) in [6, 6.07) is 0. The molecule has 0 fully saturated rings. The summed E-state index contributed by atoms with van der Waals surface area (Å²) in [6.45, 7) is 7.22. The maximum absolute atomic E-state index is 11.0. The molecule has 0 aliphatic heterocycles. The molecule has 0 amide bonds. The predicted octanol–water partition coefficient (Wildman–Crippen LogP) is 12.5. The highest BCUT2D eigenvalue weighted by molar-refractivity contribution is 4.68. The fourth-order valence-corrected chi connectivity index (χ4v) is 5.73. The van der Waals surface area contributed by atoms with Gasteiger partial charge in [-0.2, -0.15) is 0 Å². The second kappa shape index (κ2) is 30.5. The third-order valence-corrected chi connectivity index (χ3v) is 8.25. The van der Waals surface area contributed by atoms with Gasteiger partial charge in [0.05, 0.1) is 0 Å². The van der Waals surface area contributed by atoms with Crippen molar-refractivity contribution in [3.05, 3.63) is 0 Å². The molecule has 0 aromatic rings. The molecular weight excluding hydrogens is 452 g/mol. The van der Waals surface area contributed by atoms with Crippen molar-refractivity contribution in [1.29, 1.82) is 0 Å². The van der Waals surface area contributed by atoms with Gasteiger partial charge in [0.2, 0.25) is 0 Å². The van der Waals surface area contributed by atoms with E-state index in [4.69, 9.17) is 4.74 Å². The normalized spacial score (nSPS) is 13.3. The molecule has 0 radical (unpaired) electrons. The minimum atomic E-state index is -0.872. The largest absolute Gasteiger partial charge is 0.365 e. The smallest absolute Gasteiger partial charge is 0.165 e. The Bertz CT molecular complexity index is 410. The quantitative estimate of drug-likeness (QED) is 0.0700. The van der Waals surface area contributed by atoms with Crippen LogP contribution in [0.2, 0.25) is 0 Å². The van der Waals surface area contributed by atoms with Crippen LogP contribution in [0, 0.1) is 0 Å². The number of ether oxygens (including phenoxy) is 1. The van der Waals surface area contributed by atoms with Gasteiger partial charge in [0.1, 0.15) is 0 Å². The van der Waals surface area contributed by atoms with Gasteiger partial charge in [0, 0.05) is 19.4 Å². The lowest BCUT2D eigenvalue weighted by Gasteiger charge is -2.28. The van der Waals surface area contributed by atoms with Gasteiger partial charge < -0.3 is 9.84 Å². The van der Waals surface area contributed by atoms with Crippen LogP contribution in [0.5, 0.6) is 0 Å². The molecule has 0 saturated heterocycles. The van der Waals surface area contributed by atoms with Crippen molar-refractivity contribution in [1.82, 2.24) is 0 Å². The molecule has 0 aliphatic carbocycles. The molecule has 0 aromatic heterocycles. The summed E-state index contributed by atoms with van der Waals surface area (Å²) in [5.41, 5.74) is 0. The molecule has 37 heavy (non-hydrogen) atoms. The van der Waals surface area contributed by atoms with Crippen LogP contribution in [0.4, 0.5) is 0 Å². The van der Waals surface area contributed by atoms with Crippen molar-refractivity contribution >= 4 is 0 Å². The fourth-order valence-electron chi connectivity index (χ4n) is 5.73. The van der Waals surface area contributed by atoms with Gasteiger partial charge in [-0.15, -0.1) is 0 Å². The van der Waals surface area contributed by atoms with E-state index in [0.717, 1.165) is 25.7 Å². The summed E-state index contributed by atoms with van der Waals surface area (Å²) in [5, 5.41) is 11.0. The van der Waals surface area contributed by atoms with E-state index in [9.17, 15) is 5.11 Å². The molecule has 0 bridgehead atoms. The van der Waals surface area contributed by atoms with Gasteiger partial charge in [0.15, 0.2) is 5.79 Å². The lowest BCUT2D eigenvalue weighted by atomic mass is 9.98. The van der Waals surface area contributed by atoms with E-state index in [0.29, 0.717) is 6.61 Å². The van der Waals surface area contributed by atoms with Gasteiger partial charge in [-0.05, 0) is 19.8 Å². The number of hydrogen-bond acceptors (Lipinski definition) is 2. The predicted molar refractivity (Wildman–Crippen MR) is 166 cm³/mol. The van der Waals surface area contributed by atoms with Gasteiger partial charge in [-0.1, -0.05) is 181 Å². The van der Waals surface area contributed by atoms with Crippen molar-refractivity contribution in [3.63, 3.8) is 0 Å². The van der Waals surface area contributed by atoms with E-state index in [1.165, 1.54) is 167 Å². The van der Waals surface area contributed by atoms with Crippen molar-refractivity contribution in [2.24, 2.45) is 0 Å². The molecule has 2 heteroatoms. The van der Waals surface area contributed by atoms with Crippen LogP contribution in [0.1, 0.15) is 213 Å². The highest BCUT2D eigenvalue weighted by atomic mass is 16.6. The maximum Gasteiger partial charge on any atom is 0.165 e. The first-order valence-corrected chi connectivity index (χ1v) is 17.5. The van der Waals surface area contributed by atoms with Crippen LogP contribution in [0.3, 0.4) is 0 Å². The van der Waals surface area contributed by atoms with Crippen LogP contribution >= 0.6 is 0 Å². The second-order valence-corrected chi connectivity index (χ2v) is 12.1. The molecule has 0 spiro atoms. The van der Waals surface area contributed by atoms with E-state index >= 15 is 0 Å². The molecule has 0 aliphatic rings. The lowest BCUT2D eigenvalue weighted by Crippen LogP contribution is -2.32.